The van der Waals surface area contributed by atoms with E-state index in [1.807, 2.05) is 53.5 Å². The van der Waals surface area contributed by atoms with E-state index in [0.717, 1.165) is 15.7 Å². The predicted octanol–water partition coefficient (Wildman–Crippen LogP) is 6.36. The Hall–Kier alpha value is -4.03. The summed E-state index contributed by atoms with van der Waals surface area (Å²) in [7, 11) is 0. The standard InChI is InChI=1S/C31H20BrNO4/c32-20-13-14-23-19(17-20)12-15-25-31(29(35)21-9-4-5-10-22(21)30(31)36)26(24-11-6-16-37-24)27(33(23)25)28(34)18-7-2-1-3-8-18/h1-17,25-27H/t25-,26-,27+/m1/s1. The van der Waals surface area contributed by atoms with Crippen molar-refractivity contribution in [3.8, 4) is 0 Å². The summed E-state index contributed by atoms with van der Waals surface area (Å²) in [5, 5.41) is 0. The maximum Gasteiger partial charge on any atom is 0.186 e. The molecule has 0 amide bonds. The van der Waals surface area contributed by atoms with Crippen LogP contribution in [0.15, 0.2) is 106 Å². The number of anilines is 1. The Balaban J connectivity index is 1.55. The smallest absolute Gasteiger partial charge is 0.186 e. The second-order valence-electron chi connectivity index (χ2n) is 9.66. The zero-order chi connectivity index (χ0) is 25.3. The lowest BCUT2D eigenvalue weighted by molar-refractivity contribution is 0.0652. The summed E-state index contributed by atoms with van der Waals surface area (Å²) >= 11 is 3.54. The molecular weight excluding hydrogens is 530 g/mol. The lowest BCUT2D eigenvalue weighted by Gasteiger charge is -2.37. The van der Waals surface area contributed by atoms with Crippen LogP contribution in [-0.2, 0) is 0 Å². The van der Waals surface area contributed by atoms with E-state index >= 15 is 0 Å². The third-order valence-corrected chi connectivity index (χ3v) is 8.44. The Labute approximate surface area is 221 Å². The van der Waals surface area contributed by atoms with Crippen LogP contribution < -0.4 is 4.90 Å². The molecule has 4 aromatic rings. The van der Waals surface area contributed by atoms with Gasteiger partial charge in [0.25, 0.3) is 0 Å². The van der Waals surface area contributed by atoms with Crippen molar-refractivity contribution in [1.29, 1.82) is 0 Å². The van der Waals surface area contributed by atoms with Gasteiger partial charge in [-0.15, -0.1) is 0 Å². The Morgan fingerprint density at radius 3 is 2.24 bits per heavy atom. The normalized spacial score (nSPS) is 22.7. The molecule has 1 spiro atoms. The maximum absolute atomic E-state index is 14.4. The lowest BCUT2D eigenvalue weighted by atomic mass is 9.65. The van der Waals surface area contributed by atoms with E-state index in [-0.39, 0.29) is 17.3 Å². The first-order chi connectivity index (χ1) is 18.0. The van der Waals surface area contributed by atoms with Gasteiger partial charge in [-0.25, -0.2) is 0 Å². The molecule has 37 heavy (non-hydrogen) atoms. The third kappa shape index (κ3) is 2.87. The maximum atomic E-state index is 14.4. The summed E-state index contributed by atoms with van der Waals surface area (Å²) in [6, 6.07) is 23.8. The summed E-state index contributed by atoms with van der Waals surface area (Å²) in [6.07, 6.45) is 5.38. The van der Waals surface area contributed by atoms with Crippen molar-refractivity contribution < 1.29 is 18.8 Å². The van der Waals surface area contributed by atoms with Gasteiger partial charge in [0.05, 0.1) is 18.2 Å². The van der Waals surface area contributed by atoms with Gasteiger partial charge < -0.3 is 9.32 Å². The first-order valence-electron chi connectivity index (χ1n) is 12.1. The molecular formula is C31H20BrNO4. The Bertz CT molecular complexity index is 1590. The molecule has 180 valence electrons. The van der Waals surface area contributed by atoms with Crippen LogP contribution >= 0.6 is 15.9 Å². The Morgan fingerprint density at radius 1 is 0.865 bits per heavy atom. The highest BCUT2D eigenvalue weighted by atomic mass is 79.9. The number of rotatable bonds is 3. The molecule has 2 aliphatic heterocycles. The minimum Gasteiger partial charge on any atom is -0.469 e. The minimum atomic E-state index is -1.54. The monoisotopic (exact) mass is 549 g/mol. The van der Waals surface area contributed by atoms with Crippen molar-refractivity contribution in [2.75, 3.05) is 4.90 Å². The third-order valence-electron chi connectivity index (χ3n) is 7.94. The zero-order valence-corrected chi connectivity index (χ0v) is 21.1. The average molecular weight is 550 g/mol. The minimum absolute atomic E-state index is 0.162. The number of fused-ring (bicyclic) bond motifs is 5. The van der Waals surface area contributed by atoms with Crippen molar-refractivity contribution in [2.45, 2.75) is 18.0 Å². The first kappa shape index (κ1) is 22.2. The zero-order valence-electron chi connectivity index (χ0n) is 19.5. The molecule has 0 bridgehead atoms. The number of hydrogen-bond donors (Lipinski definition) is 0. The molecule has 0 N–H and O–H groups in total. The van der Waals surface area contributed by atoms with Gasteiger partial charge in [-0.05, 0) is 35.9 Å². The molecule has 3 aromatic carbocycles. The number of hydrogen-bond acceptors (Lipinski definition) is 5. The van der Waals surface area contributed by atoms with Gasteiger partial charge >= 0.3 is 0 Å². The molecule has 0 unspecified atom stereocenters. The number of Topliss-reactive ketones (excluding diaryl/α,β-unsaturated/α-hetero) is 3. The second-order valence-corrected chi connectivity index (χ2v) is 10.6. The fourth-order valence-electron chi connectivity index (χ4n) is 6.50. The number of nitrogens with zero attached hydrogens (tertiary/aromatic N) is 1. The van der Waals surface area contributed by atoms with E-state index in [1.54, 1.807) is 48.5 Å². The molecule has 1 aromatic heterocycles. The van der Waals surface area contributed by atoms with Crippen LogP contribution in [0.4, 0.5) is 5.69 Å². The van der Waals surface area contributed by atoms with Gasteiger partial charge in [0, 0.05) is 26.9 Å². The topological polar surface area (TPSA) is 67.6 Å². The molecule has 1 saturated heterocycles. The van der Waals surface area contributed by atoms with Crippen molar-refractivity contribution in [3.05, 3.63) is 130 Å². The van der Waals surface area contributed by atoms with Crippen LogP contribution in [0.25, 0.3) is 6.08 Å². The average Bonchev–Trinajstić information content (AvgIpc) is 3.62. The fraction of sp³-hybridized carbons (Fsp3) is 0.129. The Morgan fingerprint density at radius 2 is 1.57 bits per heavy atom. The summed E-state index contributed by atoms with van der Waals surface area (Å²) < 4.78 is 6.81. The molecule has 6 heteroatoms. The van der Waals surface area contributed by atoms with Crippen LogP contribution in [0.3, 0.4) is 0 Å². The molecule has 1 aliphatic carbocycles. The van der Waals surface area contributed by atoms with Gasteiger partial charge in [-0.1, -0.05) is 82.7 Å². The van der Waals surface area contributed by atoms with Gasteiger partial charge in [0.15, 0.2) is 17.3 Å². The fourth-order valence-corrected chi connectivity index (χ4v) is 6.88. The van der Waals surface area contributed by atoms with Gasteiger partial charge in [-0.3, -0.25) is 14.4 Å². The number of furan rings is 1. The van der Waals surface area contributed by atoms with Gasteiger partial charge in [-0.2, -0.15) is 0 Å². The predicted molar refractivity (Wildman–Crippen MR) is 143 cm³/mol. The van der Waals surface area contributed by atoms with Crippen molar-refractivity contribution >= 4 is 45.0 Å². The van der Waals surface area contributed by atoms with Crippen LogP contribution in [0.5, 0.6) is 0 Å². The highest BCUT2D eigenvalue weighted by Crippen LogP contribution is 2.61. The van der Waals surface area contributed by atoms with E-state index in [0.29, 0.717) is 22.5 Å². The Kier molecular flexibility index (Phi) is 4.79. The van der Waals surface area contributed by atoms with Crippen molar-refractivity contribution in [2.24, 2.45) is 5.41 Å². The number of carbonyl (C=O) groups excluding carboxylic acids is 3. The lowest BCUT2D eigenvalue weighted by Crippen LogP contribution is -2.48. The number of halogens is 1. The first-order valence-corrected chi connectivity index (χ1v) is 12.9. The number of carbonyl (C=O) groups is 3. The molecule has 5 nitrogen and oxygen atoms in total. The summed E-state index contributed by atoms with van der Waals surface area (Å²) in [5.41, 5.74) is 1.47. The highest BCUT2D eigenvalue weighted by Gasteiger charge is 2.72. The van der Waals surface area contributed by atoms with Crippen molar-refractivity contribution in [1.82, 2.24) is 0 Å². The molecule has 3 heterocycles. The quantitative estimate of drug-likeness (QED) is 0.220. The highest BCUT2D eigenvalue weighted by molar-refractivity contribution is 9.10. The molecule has 1 fully saturated rings. The van der Waals surface area contributed by atoms with E-state index < -0.39 is 23.4 Å². The number of ketones is 3. The molecule has 3 atom stereocenters. The van der Waals surface area contributed by atoms with Crippen LogP contribution in [0, 0.1) is 5.41 Å². The molecule has 7 rings (SSSR count). The SMILES string of the molecule is O=C(c1ccccc1)[C@@H]1[C@@H](c2ccco2)C2(C(=O)c3ccccc3C2=O)[C@H]2C=Cc3cc(Br)ccc3N12. The van der Waals surface area contributed by atoms with E-state index in [9.17, 15) is 14.4 Å². The summed E-state index contributed by atoms with van der Waals surface area (Å²) in [4.78, 5) is 45.2. The van der Waals surface area contributed by atoms with Crippen LogP contribution in [-0.4, -0.2) is 29.4 Å². The van der Waals surface area contributed by atoms with Crippen LogP contribution in [0.2, 0.25) is 0 Å². The van der Waals surface area contributed by atoms with Gasteiger partial charge in [0.1, 0.15) is 17.2 Å². The van der Waals surface area contributed by atoms with E-state index in [4.69, 9.17) is 4.42 Å². The summed E-state index contributed by atoms with van der Waals surface area (Å²) in [6.45, 7) is 0. The number of benzene rings is 3. The largest absolute Gasteiger partial charge is 0.469 e. The van der Waals surface area contributed by atoms with E-state index in [2.05, 4.69) is 15.9 Å². The van der Waals surface area contributed by atoms with Gasteiger partial charge in [0.2, 0.25) is 0 Å². The second kappa shape index (κ2) is 7.98. The van der Waals surface area contributed by atoms with Crippen LogP contribution in [0.1, 0.15) is 48.3 Å². The van der Waals surface area contributed by atoms with Crippen molar-refractivity contribution in [3.63, 3.8) is 0 Å². The molecule has 0 radical (unpaired) electrons. The molecule has 0 saturated carbocycles. The summed E-state index contributed by atoms with van der Waals surface area (Å²) in [5.74, 6) is -1.07. The molecule has 3 aliphatic rings. The van der Waals surface area contributed by atoms with E-state index in [1.165, 1.54) is 6.26 Å².